The van der Waals surface area contributed by atoms with Crippen LogP contribution in [0.4, 0.5) is 5.82 Å². The highest BCUT2D eigenvalue weighted by molar-refractivity contribution is 14.1. The number of hydrogen-bond acceptors (Lipinski definition) is 4. The number of halogens is 1. The lowest BCUT2D eigenvalue weighted by atomic mass is 10.1. The molecule has 0 spiro atoms. The van der Waals surface area contributed by atoms with Crippen LogP contribution in [0.15, 0.2) is 30.5 Å². The summed E-state index contributed by atoms with van der Waals surface area (Å²) in [6.07, 6.45) is 1.50. The van der Waals surface area contributed by atoms with Crippen molar-refractivity contribution < 1.29 is 9.72 Å². The molecule has 0 N–H and O–H groups in total. The minimum Gasteiger partial charge on any atom is -0.358 e. The third-order valence-corrected chi connectivity index (χ3v) is 3.28. The van der Waals surface area contributed by atoms with E-state index in [1.54, 1.807) is 19.1 Å². The largest absolute Gasteiger partial charge is 0.392 e. The van der Waals surface area contributed by atoms with Crippen LogP contribution in [0.5, 0.6) is 0 Å². The van der Waals surface area contributed by atoms with Gasteiger partial charge >= 0.3 is 5.82 Å². The van der Waals surface area contributed by atoms with Gasteiger partial charge in [-0.3, -0.25) is 4.79 Å². The highest BCUT2D eigenvalue weighted by Gasteiger charge is 2.18. The van der Waals surface area contributed by atoms with Gasteiger partial charge in [-0.1, -0.05) is 12.1 Å². The first-order valence-corrected chi connectivity index (χ1v) is 6.52. The zero-order valence-corrected chi connectivity index (χ0v) is 12.2. The molecule has 2 rings (SSSR count). The topological polar surface area (TPSA) is 78.0 Å². The summed E-state index contributed by atoms with van der Waals surface area (Å²) in [6, 6.07) is 7.14. The van der Waals surface area contributed by atoms with Gasteiger partial charge in [0.1, 0.15) is 6.54 Å². The molecule has 1 heterocycles. The zero-order valence-electron chi connectivity index (χ0n) is 10.0. The molecule has 0 radical (unpaired) electrons. The molecule has 0 unspecified atom stereocenters. The molecule has 0 amide bonds. The Labute approximate surface area is 122 Å². The first-order valence-electron chi connectivity index (χ1n) is 5.44. The van der Waals surface area contributed by atoms with Crippen molar-refractivity contribution in [2.24, 2.45) is 0 Å². The van der Waals surface area contributed by atoms with Crippen LogP contribution in [0.25, 0.3) is 0 Å². The van der Waals surface area contributed by atoms with Gasteiger partial charge in [0.05, 0.1) is 16.9 Å². The van der Waals surface area contributed by atoms with Crippen molar-refractivity contribution >= 4 is 34.2 Å². The fourth-order valence-corrected chi connectivity index (χ4v) is 2.01. The predicted octanol–water partition coefficient (Wildman–Crippen LogP) is 2.59. The lowest BCUT2D eigenvalue weighted by Gasteiger charge is -1.99. The average molecular weight is 371 g/mol. The van der Waals surface area contributed by atoms with Crippen molar-refractivity contribution in [3.8, 4) is 0 Å². The molecular formula is C12H10IN3O3. The van der Waals surface area contributed by atoms with Crippen molar-refractivity contribution in [1.82, 2.24) is 9.78 Å². The van der Waals surface area contributed by atoms with Gasteiger partial charge in [-0.25, -0.2) is 0 Å². The molecule has 6 nitrogen and oxygen atoms in total. The number of rotatable bonds is 4. The first kappa shape index (κ1) is 13.7. The maximum Gasteiger partial charge on any atom is 0.392 e. The number of hydrogen-bond donors (Lipinski definition) is 0. The summed E-state index contributed by atoms with van der Waals surface area (Å²) in [5.41, 5.74) is 1.01. The van der Waals surface area contributed by atoms with E-state index >= 15 is 0 Å². The van der Waals surface area contributed by atoms with Crippen molar-refractivity contribution in [3.05, 3.63) is 55.3 Å². The highest BCUT2D eigenvalue weighted by atomic mass is 127. The molecule has 0 fully saturated rings. The van der Waals surface area contributed by atoms with E-state index in [0.717, 1.165) is 3.57 Å². The number of ketones is 1. The Morgan fingerprint density at radius 1 is 1.42 bits per heavy atom. The van der Waals surface area contributed by atoms with Gasteiger partial charge in [-0.15, -0.1) is 0 Å². The summed E-state index contributed by atoms with van der Waals surface area (Å²) in [6.45, 7) is 1.59. The molecule has 0 atom stereocenters. The Morgan fingerprint density at radius 3 is 2.58 bits per heavy atom. The SMILES string of the molecule is Cc1cn(CC(=O)c2ccc(I)cc2)nc1[N+](=O)[O-]. The summed E-state index contributed by atoms with van der Waals surface area (Å²) in [5, 5.41) is 14.5. The Balaban J connectivity index is 2.17. The summed E-state index contributed by atoms with van der Waals surface area (Å²) in [5.74, 6) is -0.343. The van der Waals surface area contributed by atoms with Gasteiger partial charge in [0.2, 0.25) is 0 Å². The molecule has 7 heteroatoms. The van der Waals surface area contributed by atoms with Crippen molar-refractivity contribution in [2.45, 2.75) is 13.5 Å². The summed E-state index contributed by atoms with van der Waals surface area (Å²) in [4.78, 5) is 22.1. The minimum atomic E-state index is -0.554. The second kappa shape index (κ2) is 5.47. The minimum absolute atomic E-state index is 0.00469. The number of Topliss-reactive ketones (excluding diaryl/α,β-unsaturated/α-hetero) is 1. The highest BCUT2D eigenvalue weighted by Crippen LogP contribution is 2.14. The summed E-state index contributed by atoms with van der Waals surface area (Å²) in [7, 11) is 0. The second-order valence-corrected chi connectivity index (χ2v) is 5.27. The predicted molar refractivity (Wildman–Crippen MR) is 77.1 cm³/mol. The van der Waals surface area contributed by atoms with Crippen LogP contribution in [0.3, 0.4) is 0 Å². The smallest absolute Gasteiger partial charge is 0.358 e. The van der Waals surface area contributed by atoms with E-state index in [4.69, 9.17) is 0 Å². The molecule has 0 aliphatic rings. The first-order chi connectivity index (χ1) is 8.97. The average Bonchev–Trinajstić information content (AvgIpc) is 2.71. The number of aryl methyl sites for hydroxylation is 1. The van der Waals surface area contributed by atoms with Crippen LogP contribution in [-0.2, 0) is 6.54 Å². The van der Waals surface area contributed by atoms with E-state index in [2.05, 4.69) is 27.7 Å². The molecule has 19 heavy (non-hydrogen) atoms. The zero-order chi connectivity index (χ0) is 14.0. The molecule has 98 valence electrons. The third kappa shape index (κ3) is 3.16. The Morgan fingerprint density at radius 2 is 2.05 bits per heavy atom. The van der Waals surface area contributed by atoms with Crippen molar-refractivity contribution in [3.63, 3.8) is 0 Å². The lowest BCUT2D eigenvalue weighted by molar-refractivity contribution is -0.390. The third-order valence-electron chi connectivity index (χ3n) is 2.56. The van der Waals surface area contributed by atoms with E-state index in [0.29, 0.717) is 11.1 Å². The standard InChI is InChI=1S/C12H10IN3O3/c1-8-6-15(14-12(8)16(18)19)7-11(17)9-2-4-10(13)5-3-9/h2-6H,7H2,1H3. The van der Waals surface area contributed by atoms with Crippen LogP contribution in [0.2, 0.25) is 0 Å². The fourth-order valence-electron chi connectivity index (χ4n) is 1.65. The van der Waals surface area contributed by atoms with E-state index in [1.807, 2.05) is 12.1 Å². The molecule has 2 aromatic rings. The van der Waals surface area contributed by atoms with Gasteiger partial charge in [-0.05, 0) is 46.6 Å². The summed E-state index contributed by atoms with van der Waals surface area (Å²) < 4.78 is 2.34. The number of nitro groups is 1. The number of benzene rings is 1. The van der Waals surface area contributed by atoms with Gasteiger partial charge < -0.3 is 10.1 Å². The molecule has 0 saturated carbocycles. The number of aromatic nitrogens is 2. The Bertz CT molecular complexity index is 634. The maximum absolute atomic E-state index is 12.0. The Kier molecular flexibility index (Phi) is 3.93. The number of carbonyl (C=O) groups is 1. The molecule has 0 bridgehead atoms. The van der Waals surface area contributed by atoms with Crippen molar-refractivity contribution in [1.29, 1.82) is 0 Å². The van der Waals surface area contributed by atoms with Crippen LogP contribution < -0.4 is 0 Å². The molecule has 1 aromatic carbocycles. The molecular weight excluding hydrogens is 361 g/mol. The van der Waals surface area contributed by atoms with Gasteiger partial charge in [0, 0.05) is 9.13 Å². The molecule has 0 saturated heterocycles. The molecule has 0 aliphatic heterocycles. The van der Waals surface area contributed by atoms with Crippen LogP contribution in [0, 0.1) is 20.6 Å². The van der Waals surface area contributed by atoms with Crippen LogP contribution in [0.1, 0.15) is 15.9 Å². The monoisotopic (exact) mass is 371 g/mol. The van der Waals surface area contributed by atoms with Gasteiger partial charge in [-0.2, -0.15) is 4.68 Å². The van der Waals surface area contributed by atoms with Crippen LogP contribution in [-0.4, -0.2) is 20.5 Å². The van der Waals surface area contributed by atoms with Crippen LogP contribution >= 0.6 is 22.6 Å². The van der Waals surface area contributed by atoms with E-state index in [9.17, 15) is 14.9 Å². The quantitative estimate of drug-likeness (QED) is 0.358. The Hall–Kier alpha value is -1.77. The van der Waals surface area contributed by atoms with Gasteiger partial charge in [0.15, 0.2) is 5.78 Å². The summed E-state index contributed by atoms with van der Waals surface area (Å²) >= 11 is 2.15. The normalized spacial score (nSPS) is 10.4. The number of nitrogens with zero attached hydrogens (tertiary/aromatic N) is 3. The number of carbonyl (C=O) groups excluding carboxylic acids is 1. The van der Waals surface area contributed by atoms with Crippen molar-refractivity contribution in [2.75, 3.05) is 0 Å². The van der Waals surface area contributed by atoms with E-state index in [-0.39, 0.29) is 18.1 Å². The molecule has 1 aromatic heterocycles. The van der Waals surface area contributed by atoms with Gasteiger partial charge in [0.25, 0.3) is 0 Å². The lowest BCUT2D eigenvalue weighted by Crippen LogP contribution is -2.11. The fraction of sp³-hybridized carbons (Fsp3) is 0.167. The molecule has 0 aliphatic carbocycles. The second-order valence-electron chi connectivity index (χ2n) is 4.02. The maximum atomic E-state index is 12.0. The van der Waals surface area contributed by atoms with E-state index in [1.165, 1.54) is 10.9 Å². The van der Waals surface area contributed by atoms with E-state index < -0.39 is 4.92 Å².